The van der Waals surface area contributed by atoms with E-state index in [9.17, 15) is 14.7 Å². The van der Waals surface area contributed by atoms with Crippen LogP contribution in [0.5, 0.6) is 5.75 Å². The van der Waals surface area contributed by atoms with Crippen LogP contribution in [-0.4, -0.2) is 28.2 Å². The number of likely N-dealkylation sites (N-methyl/N-ethyl adjacent to an activating group) is 1. The van der Waals surface area contributed by atoms with Crippen molar-refractivity contribution in [2.24, 2.45) is 0 Å². The highest BCUT2D eigenvalue weighted by molar-refractivity contribution is 14.1. The molecule has 0 saturated carbocycles. The Morgan fingerprint density at radius 1 is 1.41 bits per heavy atom. The number of halogens is 1. The Labute approximate surface area is 116 Å². The number of phenols is 1. The maximum atomic E-state index is 11.6. The molecule has 1 saturated heterocycles. The molecule has 0 bridgehead atoms. The third-order valence-electron chi connectivity index (χ3n) is 2.26. The van der Waals surface area contributed by atoms with Crippen molar-refractivity contribution < 1.29 is 14.7 Å². The van der Waals surface area contributed by atoms with E-state index in [4.69, 9.17) is 0 Å². The topological polar surface area (TPSA) is 57.6 Å². The van der Waals surface area contributed by atoms with Crippen LogP contribution in [0.15, 0.2) is 23.1 Å². The van der Waals surface area contributed by atoms with Gasteiger partial charge in [0.25, 0.3) is 11.1 Å². The zero-order valence-corrected chi connectivity index (χ0v) is 11.8. The maximum Gasteiger partial charge on any atom is 0.293 e. The summed E-state index contributed by atoms with van der Waals surface area (Å²) >= 11 is 2.92. The maximum absolute atomic E-state index is 11.6. The molecule has 1 aromatic carbocycles. The van der Waals surface area contributed by atoms with Gasteiger partial charge in [-0.15, -0.1) is 0 Å². The van der Waals surface area contributed by atoms with Crippen molar-refractivity contribution in [1.82, 2.24) is 4.90 Å². The fourth-order valence-electron chi connectivity index (χ4n) is 1.31. The summed E-state index contributed by atoms with van der Waals surface area (Å²) in [5, 5.41) is 9.11. The minimum atomic E-state index is -0.289. The van der Waals surface area contributed by atoms with Crippen LogP contribution in [0.1, 0.15) is 5.56 Å². The molecule has 6 heteroatoms. The summed E-state index contributed by atoms with van der Waals surface area (Å²) in [4.78, 5) is 24.4. The van der Waals surface area contributed by atoms with Crippen LogP contribution >= 0.6 is 34.4 Å². The molecule has 1 aromatic rings. The molecule has 1 aliphatic heterocycles. The highest BCUT2D eigenvalue weighted by Gasteiger charge is 2.31. The minimum absolute atomic E-state index is 0.200. The number of benzene rings is 1. The Hall–Kier alpha value is -1.02. The van der Waals surface area contributed by atoms with Gasteiger partial charge in [-0.05, 0) is 58.1 Å². The quantitative estimate of drug-likeness (QED) is 0.617. The second-order valence-corrected chi connectivity index (χ2v) is 5.61. The zero-order chi connectivity index (χ0) is 12.6. The van der Waals surface area contributed by atoms with Crippen molar-refractivity contribution >= 4 is 51.6 Å². The average molecular weight is 361 g/mol. The van der Waals surface area contributed by atoms with Gasteiger partial charge >= 0.3 is 0 Å². The van der Waals surface area contributed by atoms with Gasteiger partial charge in [-0.25, -0.2) is 0 Å². The van der Waals surface area contributed by atoms with Gasteiger partial charge in [-0.1, -0.05) is 6.07 Å². The molecule has 0 spiro atoms. The Balaban J connectivity index is 2.34. The molecule has 0 unspecified atom stereocenters. The summed E-state index contributed by atoms with van der Waals surface area (Å²) < 4.78 is 0.701. The number of aromatic hydroxyl groups is 1. The second-order valence-electron chi connectivity index (χ2n) is 3.45. The van der Waals surface area contributed by atoms with Gasteiger partial charge in [0.15, 0.2) is 0 Å². The van der Waals surface area contributed by atoms with Crippen LogP contribution in [0.4, 0.5) is 4.79 Å². The van der Waals surface area contributed by atoms with E-state index >= 15 is 0 Å². The molecular weight excluding hydrogens is 353 g/mol. The van der Waals surface area contributed by atoms with Crippen molar-refractivity contribution in [3.05, 3.63) is 32.2 Å². The Morgan fingerprint density at radius 2 is 2.12 bits per heavy atom. The number of carbonyl (C=O) groups excluding carboxylic acids is 2. The van der Waals surface area contributed by atoms with E-state index in [0.29, 0.717) is 8.48 Å². The monoisotopic (exact) mass is 361 g/mol. The van der Waals surface area contributed by atoms with Gasteiger partial charge in [0.2, 0.25) is 0 Å². The highest BCUT2D eigenvalue weighted by Crippen LogP contribution is 2.31. The summed E-state index contributed by atoms with van der Waals surface area (Å²) in [7, 11) is 1.46. The first-order valence-corrected chi connectivity index (χ1v) is 6.58. The summed E-state index contributed by atoms with van der Waals surface area (Å²) in [5.74, 6) is -0.0885. The predicted octanol–water partition coefficient (Wildman–Crippen LogP) is 2.66. The normalized spacial score (nSPS) is 18.2. The van der Waals surface area contributed by atoms with E-state index in [0.717, 1.165) is 22.2 Å². The lowest BCUT2D eigenvalue weighted by molar-refractivity contribution is -0.121. The van der Waals surface area contributed by atoms with E-state index in [-0.39, 0.29) is 16.9 Å². The van der Waals surface area contributed by atoms with E-state index in [1.807, 2.05) is 22.6 Å². The van der Waals surface area contributed by atoms with Gasteiger partial charge in [-0.3, -0.25) is 14.5 Å². The minimum Gasteiger partial charge on any atom is -0.507 e. The van der Waals surface area contributed by atoms with E-state index in [1.165, 1.54) is 7.05 Å². The van der Waals surface area contributed by atoms with Gasteiger partial charge in [0.1, 0.15) is 5.75 Å². The number of hydrogen-bond donors (Lipinski definition) is 1. The fraction of sp³-hybridized carbons (Fsp3) is 0.0909. The standard InChI is InChI=1S/C11H8INO3S/c1-13-10(15)9(17-11(13)16)5-6-2-3-8(14)7(12)4-6/h2-5,14H,1H3/b9-5-. The molecule has 4 nitrogen and oxygen atoms in total. The molecule has 2 amide bonds. The molecule has 1 heterocycles. The number of phenolic OH excluding ortho intramolecular Hbond substituents is 1. The van der Waals surface area contributed by atoms with Gasteiger partial charge in [-0.2, -0.15) is 0 Å². The second kappa shape index (κ2) is 4.69. The predicted molar refractivity (Wildman–Crippen MR) is 74.6 cm³/mol. The zero-order valence-electron chi connectivity index (χ0n) is 8.81. The molecule has 0 aromatic heterocycles. The molecule has 1 N–H and O–H groups in total. The lowest BCUT2D eigenvalue weighted by Gasteiger charge is -2.01. The van der Waals surface area contributed by atoms with Crippen LogP contribution in [0.2, 0.25) is 0 Å². The van der Waals surface area contributed by atoms with Crippen molar-refractivity contribution in [3.8, 4) is 5.75 Å². The molecule has 0 aliphatic carbocycles. The fourth-order valence-corrected chi connectivity index (χ4v) is 2.68. The van der Waals surface area contributed by atoms with Gasteiger partial charge in [0, 0.05) is 7.05 Å². The first kappa shape index (κ1) is 12.4. The number of amides is 2. The van der Waals surface area contributed by atoms with Crippen molar-refractivity contribution in [1.29, 1.82) is 0 Å². The molecule has 88 valence electrons. The molecule has 2 rings (SSSR count). The lowest BCUT2D eigenvalue weighted by atomic mass is 10.2. The van der Waals surface area contributed by atoms with E-state index in [1.54, 1.807) is 24.3 Å². The summed E-state index contributed by atoms with van der Waals surface area (Å²) in [6.07, 6.45) is 1.65. The Kier molecular flexibility index (Phi) is 3.43. The Bertz CT molecular complexity index is 542. The molecule has 17 heavy (non-hydrogen) atoms. The summed E-state index contributed by atoms with van der Waals surface area (Å²) in [5.41, 5.74) is 0.783. The number of hydrogen-bond acceptors (Lipinski definition) is 4. The van der Waals surface area contributed by atoms with Crippen LogP contribution in [0, 0.1) is 3.57 Å². The summed E-state index contributed by atoms with van der Waals surface area (Å²) in [6, 6.07) is 5.00. The van der Waals surface area contributed by atoms with Crippen molar-refractivity contribution in [2.75, 3.05) is 7.05 Å². The van der Waals surface area contributed by atoms with Crippen molar-refractivity contribution in [3.63, 3.8) is 0 Å². The molecule has 0 radical (unpaired) electrons. The lowest BCUT2D eigenvalue weighted by Crippen LogP contribution is -2.22. The first-order chi connectivity index (χ1) is 7.99. The highest BCUT2D eigenvalue weighted by atomic mass is 127. The smallest absolute Gasteiger partial charge is 0.293 e. The van der Waals surface area contributed by atoms with Gasteiger partial charge in [0.05, 0.1) is 8.48 Å². The third kappa shape index (κ3) is 2.47. The van der Waals surface area contributed by atoms with Gasteiger partial charge < -0.3 is 5.11 Å². The number of nitrogens with zero attached hydrogens (tertiary/aromatic N) is 1. The van der Waals surface area contributed by atoms with Crippen LogP contribution in [-0.2, 0) is 4.79 Å². The first-order valence-electron chi connectivity index (χ1n) is 4.69. The molecule has 1 aliphatic rings. The SMILES string of the molecule is CN1C(=O)S/C(=C\c2ccc(O)c(I)c2)C1=O. The number of carbonyl (C=O) groups is 2. The van der Waals surface area contributed by atoms with E-state index in [2.05, 4.69) is 0 Å². The van der Waals surface area contributed by atoms with Crippen LogP contribution in [0.3, 0.4) is 0 Å². The number of rotatable bonds is 1. The van der Waals surface area contributed by atoms with Crippen molar-refractivity contribution in [2.45, 2.75) is 0 Å². The summed E-state index contributed by atoms with van der Waals surface area (Å²) in [6.45, 7) is 0. The molecule has 0 atom stereocenters. The number of imide groups is 1. The number of thioether (sulfide) groups is 1. The average Bonchev–Trinajstić information content (AvgIpc) is 2.52. The Morgan fingerprint density at radius 3 is 2.65 bits per heavy atom. The molecular formula is C11H8INO3S. The third-order valence-corrected chi connectivity index (χ3v) is 4.08. The largest absolute Gasteiger partial charge is 0.507 e. The van der Waals surface area contributed by atoms with Crippen LogP contribution in [0.25, 0.3) is 6.08 Å². The van der Waals surface area contributed by atoms with Crippen LogP contribution < -0.4 is 0 Å². The molecule has 1 fully saturated rings. The van der Waals surface area contributed by atoms with E-state index < -0.39 is 0 Å².